The number of carbonyl (C=O) groups is 4. The lowest BCUT2D eigenvalue weighted by molar-refractivity contribution is -0.385. The van der Waals surface area contributed by atoms with Gasteiger partial charge in [-0.15, -0.1) is 11.8 Å². The first-order valence-electron chi connectivity index (χ1n) is 11.8. The van der Waals surface area contributed by atoms with Crippen molar-refractivity contribution in [2.45, 2.75) is 18.2 Å². The minimum Gasteiger partial charge on any atom is -0.466 e. The molecule has 0 fully saturated rings. The molecule has 10 nitrogen and oxygen atoms in total. The van der Waals surface area contributed by atoms with Crippen molar-refractivity contribution in [3.05, 3.63) is 106 Å². The number of nitrogens with zero attached hydrogens (tertiary/aromatic N) is 1. The highest BCUT2D eigenvalue weighted by atomic mass is 32.2. The van der Waals surface area contributed by atoms with Crippen molar-refractivity contribution >= 4 is 52.8 Å². The Labute approximate surface area is 228 Å². The maximum absolute atomic E-state index is 13.2. The monoisotopic (exact) mass is 547 g/mol. The number of amides is 2. The molecule has 0 bridgehead atoms. The molecule has 2 N–H and O–H groups in total. The summed E-state index contributed by atoms with van der Waals surface area (Å²) in [5, 5.41) is 16.7. The first-order valence-corrected chi connectivity index (χ1v) is 12.8. The number of carbonyl (C=O) groups excluding carboxylic acids is 4. The molecular weight excluding hydrogens is 522 g/mol. The number of hydrogen-bond acceptors (Lipinski definition) is 8. The molecule has 0 aliphatic carbocycles. The fourth-order valence-electron chi connectivity index (χ4n) is 3.29. The van der Waals surface area contributed by atoms with Gasteiger partial charge < -0.3 is 15.4 Å². The molecule has 3 aromatic carbocycles. The number of ketones is 1. The SMILES string of the molecule is CCOC(=O)CC(=O)CSc1ccc(NC(=O)/C(=C\c2ccccc2[N+](=O)[O-])NC(=O)c2ccccc2)cc1. The highest BCUT2D eigenvalue weighted by Gasteiger charge is 2.18. The van der Waals surface area contributed by atoms with Crippen LogP contribution in [0, 0.1) is 10.1 Å². The highest BCUT2D eigenvalue weighted by molar-refractivity contribution is 8.00. The second-order valence-corrected chi connectivity index (χ2v) is 9.03. The summed E-state index contributed by atoms with van der Waals surface area (Å²) in [6.07, 6.45) is 0.950. The van der Waals surface area contributed by atoms with Crippen LogP contribution >= 0.6 is 11.8 Å². The number of hydrogen-bond donors (Lipinski definition) is 2. The normalized spacial score (nSPS) is 10.8. The molecule has 3 aromatic rings. The van der Waals surface area contributed by atoms with Crippen molar-refractivity contribution in [1.29, 1.82) is 0 Å². The van der Waals surface area contributed by atoms with Gasteiger partial charge in [0, 0.05) is 22.2 Å². The molecule has 0 radical (unpaired) electrons. The Hall–Kier alpha value is -4.77. The average Bonchev–Trinajstić information content (AvgIpc) is 2.93. The predicted molar refractivity (Wildman–Crippen MR) is 147 cm³/mol. The lowest BCUT2D eigenvalue weighted by atomic mass is 10.1. The van der Waals surface area contributed by atoms with E-state index in [0.29, 0.717) is 11.3 Å². The van der Waals surface area contributed by atoms with E-state index in [2.05, 4.69) is 10.6 Å². The Kier molecular flexibility index (Phi) is 10.5. The zero-order chi connectivity index (χ0) is 28.2. The van der Waals surface area contributed by atoms with Gasteiger partial charge in [0.1, 0.15) is 12.1 Å². The van der Waals surface area contributed by atoms with Crippen molar-refractivity contribution in [1.82, 2.24) is 5.32 Å². The topological polar surface area (TPSA) is 145 Å². The third kappa shape index (κ3) is 8.93. The molecule has 2 amide bonds. The third-order valence-corrected chi connectivity index (χ3v) is 6.19. The molecule has 0 heterocycles. The molecule has 0 aromatic heterocycles. The Morgan fingerprint density at radius 3 is 2.28 bits per heavy atom. The Morgan fingerprint density at radius 2 is 1.62 bits per heavy atom. The summed E-state index contributed by atoms with van der Waals surface area (Å²) < 4.78 is 4.77. The predicted octanol–water partition coefficient (Wildman–Crippen LogP) is 4.62. The van der Waals surface area contributed by atoms with Gasteiger partial charge in [-0.1, -0.05) is 30.3 Å². The summed E-state index contributed by atoms with van der Waals surface area (Å²) in [6.45, 7) is 1.88. The first-order chi connectivity index (χ1) is 18.8. The van der Waals surface area contributed by atoms with E-state index in [4.69, 9.17) is 4.74 Å². The second-order valence-electron chi connectivity index (χ2n) is 7.98. The fraction of sp³-hybridized carbons (Fsp3) is 0.143. The van der Waals surface area contributed by atoms with Gasteiger partial charge in [-0.2, -0.15) is 0 Å². The van der Waals surface area contributed by atoms with Crippen LogP contribution in [0.15, 0.2) is 89.5 Å². The summed E-state index contributed by atoms with van der Waals surface area (Å²) in [5.74, 6) is -2.00. The fourth-order valence-corrected chi connectivity index (χ4v) is 4.05. The summed E-state index contributed by atoms with van der Waals surface area (Å²) in [7, 11) is 0. The number of anilines is 1. The molecule has 0 spiro atoms. The quantitative estimate of drug-likeness (QED) is 0.0835. The van der Waals surface area contributed by atoms with Crippen molar-refractivity contribution < 1.29 is 28.8 Å². The number of para-hydroxylation sites is 1. The number of Topliss-reactive ketones (excluding diaryl/α,β-unsaturated/α-hetero) is 1. The lowest BCUT2D eigenvalue weighted by Crippen LogP contribution is -2.30. The number of nitro groups is 1. The van der Waals surface area contributed by atoms with E-state index >= 15 is 0 Å². The number of nitro benzene ring substituents is 1. The zero-order valence-electron chi connectivity index (χ0n) is 20.9. The molecule has 200 valence electrons. The van der Waals surface area contributed by atoms with E-state index in [9.17, 15) is 29.3 Å². The van der Waals surface area contributed by atoms with E-state index in [1.807, 2.05) is 0 Å². The van der Waals surface area contributed by atoms with Gasteiger partial charge in [0.2, 0.25) is 0 Å². The minimum atomic E-state index is -0.692. The molecule has 0 atom stereocenters. The van der Waals surface area contributed by atoms with Crippen LogP contribution < -0.4 is 10.6 Å². The molecule has 39 heavy (non-hydrogen) atoms. The lowest BCUT2D eigenvalue weighted by Gasteiger charge is -2.12. The molecular formula is C28H25N3O7S. The van der Waals surface area contributed by atoms with Crippen molar-refractivity contribution in [3.63, 3.8) is 0 Å². The summed E-state index contributed by atoms with van der Waals surface area (Å²) in [5.41, 5.74) is 0.416. The van der Waals surface area contributed by atoms with Crippen LogP contribution in [0.1, 0.15) is 29.3 Å². The van der Waals surface area contributed by atoms with Gasteiger partial charge in [-0.25, -0.2) is 0 Å². The molecule has 0 unspecified atom stereocenters. The summed E-state index contributed by atoms with van der Waals surface area (Å²) in [6, 6.07) is 20.7. The van der Waals surface area contributed by atoms with Gasteiger partial charge in [0.15, 0.2) is 5.78 Å². The number of ether oxygens (including phenoxy) is 1. The van der Waals surface area contributed by atoms with Crippen LogP contribution in [0.2, 0.25) is 0 Å². The largest absolute Gasteiger partial charge is 0.466 e. The van der Waals surface area contributed by atoms with Gasteiger partial charge in [0.25, 0.3) is 17.5 Å². The third-order valence-electron chi connectivity index (χ3n) is 5.12. The molecule has 0 aliphatic rings. The average molecular weight is 548 g/mol. The number of benzene rings is 3. The molecule has 0 saturated heterocycles. The number of nitrogens with one attached hydrogen (secondary N) is 2. The zero-order valence-corrected chi connectivity index (χ0v) is 21.7. The van der Waals surface area contributed by atoms with E-state index in [1.165, 1.54) is 36.0 Å². The van der Waals surface area contributed by atoms with E-state index in [0.717, 1.165) is 4.90 Å². The first kappa shape index (κ1) is 28.8. The number of esters is 1. The van der Waals surface area contributed by atoms with Crippen LogP contribution in [0.4, 0.5) is 11.4 Å². The highest BCUT2D eigenvalue weighted by Crippen LogP contribution is 2.23. The summed E-state index contributed by atoms with van der Waals surface area (Å²) >= 11 is 1.23. The molecule has 0 aliphatic heterocycles. The van der Waals surface area contributed by atoms with Crippen LogP contribution in [-0.4, -0.2) is 40.8 Å². The smallest absolute Gasteiger partial charge is 0.313 e. The Balaban J connectivity index is 1.74. The van der Waals surface area contributed by atoms with Crippen molar-refractivity contribution in [2.24, 2.45) is 0 Å². The van der Waals surface area contributed by atoms with E-state index < -0.39 is 22.7 Å². The standard InChI is InChI=1S/C28H25N3O7S/c1-2-38-26(33)17-22(32)18-39-23-14-12-21(13-15-23)29-28(35)24(30-27(34)19-8-4-3-5-9-19)16-20-10-6-7-11-25(20)31(36)37/h3-16H,2,17-18H2,1H3,(H,29,35)(H,30,34)/b24-16+. The minimum absolute atomic E-state index is 0.0821. The maximum atomic E-state index is 13.2. The van der Waals surface area contributed by atoms with Crippen LogP contribution in [0.5, 0.6) is 0 Å². The van der Waals surface area contributed by atoms with Crippen LogP contribution in [0.25, 0.3) is 6.08 Å². The van der Waals surface area contributed by atoms with E-state index in [-0.39, 0.29) is 41.5 Å². The van der Waals surface area contributed by atoms with Gasteiger partial charge >= 0.3 is 5.97 Å². The van der Waals surface area contributed by atoms with Crippen LogP contribution in [0.3, 0.4) is 0 Å². The Morgan fingerprint density at radius 1 is 0.949 bits per heavy atom. The van der Waals surface area contributed by atoms with Crippen LogP contribution in [-0.2, 0) is 19.1 Å². The molecule has 11 heteroatoms. The second kappa shape index (κ2) is 14.2. The number of thioether (sulfide) groups is 1. The van der Waals surface area contributed by atoms with Crippen molar-refractivity contribution in [3.8, 4) is 0 Å². The van der Waals surface area contributed by atoms with Gasteiger partial charge in [0.05, 0.1) is 22.8 Å². The van der Waals surface area contributed by atoms with Gasteiger partial charge in [-0.05, 0) is 55.5 Å². The van der Waals surface area contributed by atoms with E-state index in [1.54, 1.807) is 67.6 Å². The Bertz CT molecular complexity index is 1390. The van der Waals surface area contributed by atoms with Crippen molar-refractivity contribution in [2.75, 3.05) is 17.7 Å². The summed E-state index contributed by atoms with van der Waals surface area (Å²) in [4.78, 5) is 60.9. The molecule has 3 rings (SSSR count). The molecule has 0 saturated carbocycles. The maximum Gasteiger partial charge on any atom is 0.313 e. The number of rotatable bonds is 12. The van der Waals surface area contributed by atoms with Gasteiger partial charge in [-0.3, -0.25) is 29.3 Å².